The van der Waals surface area contributed by atoms with Crippen molar-refractivity contribution < 1.29 is 47.6 Å². The molecular formula is C15H19IN2O4. The van der Waals surface area contributed by atoms with Gasteiger partial charge in [0.05, 0.1) is 32.3 Å². The number of carbonyl (C=O) groups is 3. The minimum atomic E-state index is -0.571. The van der Waals surface area contributed by atoms with Crippen molar-refractivity contribution in [3.63, 3.8) is 0 Å². The minimum Gasteiger partial charge on any atom is -1.00 e. The molecule has 1 aromatic rings. The van der Waals surface area contributed by atoms with Crippen LogP contribution in [0.4, 0.5) is 0 Å². The zero-order chi connectivity index (χ0) is 15.6. The lowest BCUT2D eigenvalue weighted by atomic mass is 10.1. The van der Waals surface area contributed by atoms with Crippen molar-refractivity contribution in [2.45, 2.75) is 0 Å². The number of fused-ring (bicyclic) bond motifs is 1. The van der Waals surface area contributed by atoms with E-state index in [0.29, 0.717) is 22.2 Å². The van der Waals surface area contributed by atoms with Crippen LogP contribution in [0.5, 0.6) is 0 Å². The summed E-state index contributed by atoms with van der Waals surface area (Å²) in [5.74, 6) is -1.46. The molecule has 0 radical (unpaired) electrons. The van der Waals surface area contributed by atoms with Gasteiger partial charge in [0.25, 0.3) is 11.8 Å². The van der Waals surface area contributed by atoms with E-state index in [1.54, 1.807) is 24.3 Å². The van der Waals surface area contributed by atoms with Crippen molar-refractivity contribution in [1.29, 1.82) is 0 Å². The van der Waals surface area contributed by atoms with E-state index < -0.39 is 17.8 Å². The largest absolute Gasteiger partial charge is 1.00 e. The van der Waals surface area contributed by atoms with E-state index in [1.165, 1.54) is 0 Å². The number of likely N-dealkylation sites (N-methyl/N-ethyl adjacent to an activating group) is 1. The first-order chi connectivity index (χ1) is 9.79. The second-order valence-corrected chi connectivity index (χ2v) is 5.98. The maximum atomic E-state index is 12.1. The number of ether oxygens (including phenoxy) is 1. The molecule has 0 unspecified atom stereocenters. The number of rotatable bonds is 5. The molecule has 1 aliphatic heterocycles. The molecule has 0 fully saturated rings. The standard InChI is InChI=1S/C15H19N2O4.HI/c1-17(2,3)8-9-21-13(18)10-16-14(19)11-6-4-5-7-12(11)15(16)20;/h4-7H,8-10H2,1-3H3;1H/q+1;/p-1. The van der Waals surface area contributed by atoms with Crippen LogP contribution in [0.2, 0.25) is 0 Å². The Bertz CT molecular complexity index is 560. The van der Waals surface area contributed by atoms with E-state index in [2.05, 4.69) is 0 Å². The number of nitrogens with zero attached hydrogens (tertiary/aromatic N) is 2. The predicted molar refractivity (Wildman–Crippen MR) is 75.7 cm³/mol. The summed E-state index contributed by atoms with van der Waals surface area (Å²) in [5, 5.41) is 0. The van der Waals surface area contributed by atoms with Crippen LogP contribution in [0, 0.1) is 0 Å². The summed E-state index contributed by atoms with van der Waals surface area (Å²) in [6, 6.07) is 6.54. The third-order valence-corrected chi connectivity index (χ3v) is 3.19. The van der Waals surface area contributed by atoms with Crippen molar-refractivity contribution >= 4 is 17.8 Å². The van der Waals surface area contributed by atoms with Gasteiger partial charge in [0.2, 0.25) is 0 Å². The van der Waals surface area contributed by atoms with E-state index >= 15 is 0 Å². The normalized spacial score (nSPS) is 13.7. The van der Waals surface area contributed by atoms with Gasteiger partial charge in [-0.15, -0.1) is 0 Å². The Morgan fingerprint density at radius 1 is 1.09 bits per heavy atom. The molecule has 0 atom stereocenters. The van der Waals surface area contributed by atoms with Crippen LogP contribution in [-0.2, 0) is 9.53 Å². The van der Waals surface area contributed by atoms with Gasteiger partial charge in [0.1, 0.15) is 19.7 Å². The lowest BCUT2D eigenvalue weighted by Gasteiger charge is -2.23. The number of quaternary nitrogens is 1. The Hall–Kier alpha value is -1.48. The van der Waals surface area contributed by atoms with Gasteiger partial charge in [-0.25, -0.2) is 0 Å². The van der Waals surface area contributed by atoms with Gasteiger partial charge in [-0.3, -0.25) is 19.3 Å². The summed E-state index contributed by atoms with van der Waals surface area (Å²) in [6.45, 7) is 0.572. The van der Waals surface area contributed by atoms with Gasteiger partial charge in [-0.1, -0.05) is 12.1 Å². The molecule has 1 aromatic carbocycles. The summed E-state index contributed by atoms with van der Waals surface area (Å²) >= 11 is 0. The Morgan fingerprint density at radius 3 is 2.05 bits per heavy atom. The average molecular weight is 418 g/mol. The van der Waals surface area contributed by atoms with Crippen molar-refractivity contribution in [2.24, 2.45) is 0 Å². The quantitative estimate of drug-likeness (QED) is 0.230. The molecule has 0 saturated heterocycles. The van der Waals surface area contributed by atoms with Crippen molar-refractivity contribution in [2.75, 3.05) is 40.8 Å². The monoisotopic (exact) mass is 418 g/mol. The molecular weight excluding hydrogens is 399 g/mol. The van der Waals surface area contributed by atoms with Gasteiger partial charge in [0.15, 0.2) is 0 Å². The molecule has 22 heavy (non-hydrogen) atoms. The Balaban J connectivity index is 0.00000242. The summed E-state index contributed by atoms with van der Waals surface area (Å²) in [7, 11) is 5.95. The highest BCUT2D eigenvalue weighted by atomic mass is 127. The van der Waals surface area contributed by atoms with Crippen LogP contribution in [0.25, 0.3) is 0 Å². The summed E-state index contributed by atoms with van der Waals surface area (Å²) in [5.41, 5.74) is 0.670. The van der Waals surface area contributed by atoms with Crippen molar-refractivity contribution in [3.8, 4) is 0 Å². The molecule has 0 N–H and O–H groups in total. The summed E-state index contributed by atoms with van der Waals surface area (Å²) in [4.78, 5) is 36.8. The molecule has 2 rings (SSSR count). The average Bonchev–Trinajstić information content (AvgIpc) is 2.63. The first-order valence-electron chi connectivity index (χ1n) is 6.71. The number of benzene rings is 1. The number of carbonyl (C=O) groups excluding carboxylic acids is 3. The first-order valence-corrected chi connectivity index (χ1v) is 6.71. The second kappa shape index (κ2) is 7.19. The van der Waals surface area contributed by atoms with Gasteiger partial charge in [-0.2, -0.15) is 0 Å². The maximum absolute atomic E-state index is 12.1. The number of hydrogen-bond acceptors (Lipinski definition) is 4. The fourth-order valence-electron chi connectivity index (χ4n) is 1.99. The minimum absolute atomic E-state index is 0. The molecule has 0 bridgehead atoms. The van der Waals surface area contributed by atoms with E-state index in [0.717, 1.165) is 4.90 Å². The van der Waals surface area contributed by atoms with Gasteiger partial charge in [-0.05, 0) is 12.1 Å². The molecule has 0 saturated carbocycles. The van der Waals surface area contributed by atoms with Crippen LogP contribution in [-0.4, -0.2) is 68.0 Å². The number of amides is 2. The third kappa shape index (κ3) is 4.26. The number of hydrogen-bond donors (Lipinski definition) is 0. The zero-order valence-corrected chi connectivity index (χ0v) is 15.0. The fraction of sp³-hybridized carbons (Fsp3) is 0.400. The van der Waals surface area contributed by atoms with Crippen molar-refractivity contribution in [3.05, 3.63) is 35.4 Å². The topological polar surface area (TPSA) is 63.7 Å². The Labute approximate surface area is 146 Å². The van der Waals surface area contributed by atoms with Gasteiger partial charge >= 0.3 is 5.97 Å². The zero-order valence-electron chi connectivity index (χ0n) is 12.8. The predicted octanol–water partition coefficient (Wildman–Crippen LogP) is -2.46. The summed E-state index contributed by atoms with van der Waals surface area (Å²) in [6.07, 6.45) is 0. The fourth-order valence-corrected chi connectivity index (χ4v) is 1.99. The van der Waals surface area contributed by atoms with Crippen LogP contribution in [0.15, 0.2) is 24.3 Å². The molecule has 1 heterocycles. The van der Waals surface area contributed by atoms with E-state index in [-0.39, 0.29) is 37.1 Å². The lowest BCUT2D eigenvalue weighted by molar-refractivity contribution is -0.870. The maximum Gasteiger partial charge on any atom is 0.326 e. The first kappa shape index (κ1) is 18.6. The SMILES string of the molecule is C[N+](C)(C)CCOC(=O)CN1C(=O)c2ccccc2C1=O.[I-]. The highest BCUT2D eigenvalue weighted by Crippen LogP contribution is 2.21. The molecule has 0 spiro atoms. The Kier molecular flexibility index (Phi) is 6.07. The molecule has 6 nitrogen and oxygen atoms in total. The number of esters is 1. The highest BCUT2D eigenvalue weighted by Gasteiger charge is 2.36. The van der Waals surface area contributed by atoms with Gasteiger partial charge < -0.3 is 33.2 Å². The molecule has 2 amide bonds. The van der Waals surface area contributed by atoms with Crippen LogP contribution < -0.4 is 24.0 Å². The molecule has 7 heteroatoms. The molecule has 1 aliphatic rings. The lowest BCUT2D eigenvalue weighted by Crippen LogP contribution is -3.00. The van der Waals surface area contributed by atoms with Crippen LogP contribution in [0.1, 0.15) is 20.7 Å². The Morgan fingerprint density at radius 2 is 1.59 bits per heavy atom. The smallest absolute Gasteiger partial charge is 0.326 e. The highest BCUT2D eigenvalue weighted by molar-refractivity contribution is 6.22. The summed E-state index contributed by atoms with van der Waals surface area (Å²) < 4.78 is 5.74. The van der Waals surface area contributed by atoms with Crippen LogP contribution in [0.3, 0.4) is 0 Å². The second-order valence-electron chi connectivity index (χ2n) is 5.98. The van der Waals surface area contributed by atoms with Gasteiger partial charge in [0, 0.05) is 0 Å². The molecule has 120 valence electrons. The third-order valence-electron chi connectivity index (χ3n) is 3.19. The van der Waals surface area contributed by atoms with E-state index in [9.17, 15) is 14.4 Å². The van der Waals surface area contributed by atoms with Crippen LogP contribution >= 0.6 is 0 Å². The molecule has 0 aromatic heterocycles. The molecule has 0 aliphatic carbocycles. The number of imide groups is 1. The number of halogens is 1. The van der Waals surface area contributed by atoms with E-state index in [1.807, 2.05) is 21.1 Å². The van der Waals surface area contributed by atoms with E-state index in [4.69, 9.17) is 4.74 Å². The van der Waals surface area contributed by atoms with Crippen molar-refractivity contribution in [1.82, 2.24) is 4.90 Å².